The fourth-order valence-electron chi connectivity index (χ4n) is 3.17. The molecule has 1 amide bonds. The zero-order chi connectivity index (χ0) is 22.0. The van der Waals surface area contributed by atoms with Gasteiger partial charge in [-0.15, -0.1) is 0 Å². The predicted molar refractivity (Wildman–Crippen MR) is 122 cm³/mol. The standard InChI is InChI=1S/C24H17Cl2FN2O2/c1-2-31-20-11-9-19(10-12-20)29-23(15-4-7-18(27)8-5-15)28-22(24(29)30)13-16-3-6-17(25)14-21(16)26/h3-14H,2H2,1H3/b22-13+. The number of halogens is 3. The highest BCUT2D eigenvalue weighted by Gasteiger charge is 2.32. The molecule has 0 aromatic heterocycles. The Bertz CT molecular complexity index is 1190. The molecular weight excluding hydrogens is 438 g/mol. The van der Waals surface area contributed by atoms with Crippen molar-refractivity contribution in [3.05, 3.63) is 99.4 Å². The SMILES string of the molecule is CCOc1ccc(N2C(=O)/C(=C\c3ccc(Cl)cc3Cl)N=C2c2ccc(F)cc2)cc1. The van der Waals surface area contributed by atoms with Crippen LogP contribution in [0.4, 0.5) is 10.1 Å². The van der Waals surface area contributed by atoms with Crippen molar-refractivity contribution in [2.75, 3.05) is 11.5 Å². The van der Waals surface area contributed by atoms with Crippen LogP contribution in [0.25, 0.3) is 6.08 Å². The van der Waals surface area contributed by atoms with Crippen molar-refractivity contribution in [2.24, 2.45) is 4.99 Å². The minimum absolute atomic E-state index is 0.206. The average Bonchev–Trinajstić information content (AvgIpc) is 3.07. The Morgan fingerprint density at radius 3 is 2.39 bits per heavy atom. The third kappa shape index (κ3) is 4.48. The van der Waals surface area contributed by atoms with Crippen LogP contribution in [-0.4, -0.2) is 18.3 Å². The number of hydrogen-bond donors (Lipinski definition) is 0. The van der Waals surface area contributed by atoms with Crippen LogP contribution in [0.3, 0.4) is 0 Å². The van der Waals surface area contributed by atoms with Gasteiger partial charge in [0.05, 0.1) is 12.3 Å². The largest absolute Gasteiger partial charge is 0.494 e. The number of hydrogen-bond acceptors (Lipinski definition) is 3. The molecule has 0 atom stereocenters. The quantitative estimate of drug-likeness (QED) is 0.420. The lowest BCUT2D eigenvalue weighted by Crippen LogP contribution is -2.32. The highest BCUT2D eigenvalue weighted by atomic mass is 35.5. The Labute approximate surface area is 189 Å². The summed E-state index contributed by atoms with van der Waals surface area (Å²) in [6.07, 6.45) is 1.61. The molecule has 1 aliphatic rings. The Hall–Kier alpha value is -3.15. The summed E-state index contributed by atoms with van der Waals surface area (Å²) in [6.45, 7) is 2.44. The lowest BCUT2D eigenvalue weighted by Gasteiger charge is -2.19. The topological polar surface area (TPSA) is 41.9 Å². The third-order valence-electron chi connectivity index (χ3n) is 4.62. The number of carbonyl (C=O) groups excluding carboxylic acids is 1. The van der Waals surface area contributed by atoms with Gasteiger partial charge in [0.2, 0.25) is 0 Å². The molecule has 4 nitrogen and oxygen atoms in total. The second-order valence-corrected chi connectivity index (χ2v) is 7.55. The maximum absolute atomic E-state index is 13.5. The molecule has 3 aromatic rings. The van der Waals surface area contributed by atoms with Crippen LogP contribution in [0.1, 0.15) is 18.1 Å². The van der Waals surface area contributed by atoms with Gasteiger partial charge in [-0.2, -0.15) is 0 Å². The highest BCUT2D eigenvalue weighted by Crippen LogP contribution is 2.31. The number of nitrogens with zero attached hydrogens (tertiary/aromatic N) is 2. The van der Waals surface area contributed by atoms with Crippen LogP contribution >= 0.6 is 23.2 Å². The number of anilines is 1. The van der Waals surface area contributed by atoms with Crippen molar-refractivity contribution >= 4 is 46.7 Å². The van der Waals surface area contributed by atoms with E-state index in [2.05, 4.69) is 4.99 Å². The van der Waals surface area contributed by atoms with E-state index in [1.54, 1.807) is 60.7 Å². The van der Waals surface area contributed by atoms with Crippen LogP contribution < -0.4 is 9.64 Å². The van der Waals surface area contributed by atoms with Crippen LogP contribution in [0.5, 0.6) is 5.75 Å². The summed E-state index contributed by atoms with van der Waals surface area (Å²) in [5.41, 5.74) is 2.04. The Morgan fingerprint density at radius 1 is 1.03 bits per heavy atom. The fourth-order valence-corrected chi connectivity index (χ4v) is 3.64. The number of aliphatic imine (C=N–C) groups is 1. The van der Waals surface area contributed by atoms with Crippen LogP contribution in [0.15, 0.2) is 77.4 Å². The number of amides is 1. The van der Waals surface area contributed by atoms with Gasteiger partial charge in [0.15, 0.2) is 0 Å². The minimum Gasteiger partial charge on any atom is -0.494 e. The van der Waals surface area contributed by atoms with Crippen LogP contribution in [0, 0.1) is 5.82 Å². The predicted octanol–water partition coefficient (Wildman–Crippen LogP) is 6.37. The zero-order valence-corrected chi connectivity index (χ0v) is 18.0. The Kier molecular flexibility index (Phi) is 6.07. The number of ether oxygens (including phenoxy) is 1. The molecule has 0 bridgehead atoms. The summed E-state index contributed by atoms with van der Waals surface area (Å²) >= 11 is 12.2. The lowest BCUT2D eigenvalue weighted by molar-refractivity contribution is -0.113. The average molecular weight is 455 g/mol. The van der Waals surface area contributed by atoms with E-state index in [1.165, 1.54) is 17.0 Å². The van der Waals surface area contributed by atoms with Crippen LogP contribution in [-0.2, 0) is 4.79 Å². The fraction of sp³-hybridized carbons (Fsp3) is 0.0833. The summed E-state index contributed by atoms with van der Waals surface area (Å²) in [4.78, 5) is 19.4. The highest BCUT2D eigenvalue weighted by molar-refractivity contribution is 6.36. The lowest BCUT2D eigenvalue weighted by atomic mass is 10.1. The van der Waals surface area contributed by atoms with E-state index < -0.39 is 0 Å². The molecule has 156 valence electrons. The monoisotopic (exact) mass is 454 g/mol. The van der Waals surface area contributed by atoms with Crippen LogP contribution in [0.2, 0.25) is 10.0 Å². The summed E-state index contributed by atoms with van der Waals surface area (Å²) in [5.74, 6) is 0.395. The molecule has 1 aliphatic heterocycles. The maximum Gasteiger partial charge on any atom is 0.282 e. The van der Waals surface area contributed by atoms with E-state index in [0.717, 1.165) is 0 Å². The Balaban J connectivity index is 1.79. The molecule has 0 aliphatic carbocycles. The first-order valence-corrected chi connectivity index (χ1v) is 10.3. The van der Waals surface area contributed by atoms with Crippen molar-refractivity contribution in [1.29, 1.82) is 0 Å². The first kappa shape index (κ1) is 21.1. The molecule has 1 heterocycles. The van der Waals surface area contributed by atoms with Crippen molar-refractivity contribution in [3.8, 4) is 5.75 Å². The van der Waals surface area contributed by atoms with E-state index >= 15 is 0 Å². The third-order valence-corrected chi connectivity index (χ3v) is 5.19. The van der Waals surface area contributed by atoms with Gasteiger partial charge < -0.3 is 4.74 Å². The number of rotatable bonds is 5. The molecule has 7 heteroatoms. The normalized spacial score (nSPS) is 14.8. The van der Waals surface area contributed by atoms with Crippen molar-refractivity contribution in [3.63, 3.8) is 0 Å². The van der Waals surface area contributed by atoms with Crippen molar-refractivity contribution < 1.29 is 13.9 Å². The summed E-state index contributed by atoms with van der Waals surface area (Å²) in [5, 5.41) is 0.905. The molecule has 0 saturated carbocycles. The molecule has 0 unspecified atom stereocenters. The molecule has 0 radical (unpaired) electrons. The number of amidine groups is 1. The molecule has 31 heavy (non-hydrogen) atoms. The van der Waals surface area contributed by atoms with Crippen molar-refractivity contribution in [1.82, 2.24) is 0 Å². The molecule has 0 N–H and O–H groups in total. The summed E-state index contributed by atoms with van der Waals surface area (Å²) in [7, 11) is 0. The Morgan fingerprint density at radius 2 is 1.74 bits per heavy atom. The molecule has 4 rings (SSSR count). The van der Waals surface area contributed by atoms with Gasteiger partial charge in [0.25, 0.3) is 5.91 Å². The molecule has 0 fully saturated rings. The molecule has 0 saturated heterocycles. The molecule has 0 spiro atoms. The minimum atomic E-state index is -0.370. The zero-order valence-electron chi connectivity index (χ0n) is 16.5. The van der Waals surface area contributed by atoms with Gasteiger partial charge in [-0.05, 0) is 79.2 Å². The van der Waals surface area contributed by atoms with E-state index in [9.17, 15) is 9.18 Å². The molecular formula is C24H17Cl2FN2O2. The number of carbonyl (C=O) groups is 1. The van der Waals surface area contributed by atoms with Gasteiger partial charge in [0.1, 0.15) is 23.1 Å². The summed E-state index contributed by atoms with van der Waals surface area (Å²) in [6, 6.07) is 18.0. The van der Waals surface area contributed by atoms with Gasteiger partial charge in [-0.3, -0.25) is 9.69 Å². The van der Waals surface area contributed by atoms with E-state index in [0.29, 0.717) is 45.1 Å². The van der Waals surface area contributed by atoms with Gasteiger partial charge >= 0.3 is 0 Å². The maximum atomic E-state index is 13.5. The van der Waals surface area contributed by atoms with Gasteiger partial charge in [0, 0.05) is 15.6 Å². The number of benzene rings is 3. The molecule has 3 aromatic carbocycles. The van der Waals surface area contributed by atoms with Gasteiger partial charge in [-0.25, -0.2) is 9.38 Å². The van der Waals surface area contributed by atoms with Gasteiger partial charge in [-0.1, -0.05) is 29.3 Å². The first-order chi connectivity index (χ1) is 15.0. The van der Waals surface area contributed by atoms with E-state index in [4.69, 9.17) is 27.9 Å². The second kappa shape index (κ2) is 8.92. The van der Waals surface area contributed by atoms with Crippen molar-refractivity contribution in [2.45, 2.75) is 6.92 Å². The first-order valence-electron chi connectivity index (χ1n) is 9.55. The smallest absolute Gasteiger partial charge is 0.282 e. The van der Waals surface area contributed by atoms with E-state index in [-0.39, 0.29) is 17.4 Å². The summed E-state index contributed by atoms with van der Waals surface area (Å²) < 4.78 is 18.9. The second-order valence-electron chi connectivity index (χ2n) is 6.71. The van der Waals surface area contributed by atoms with E-state index in [1.807, 2.05) is 6.92 Å².